The number of phenolic OH excluding ortho intramolecular Hbond substituents is 1. The zero-order chi connectivity index (χ0) is 31.0. The molecule has 10 nitrogen and oxygen atoms in total. The van der Waals surface area contributed by atoms with Crippen molar-refractivity contribution < 1.29 is 9.84 Å². The molecule has 0 saturated carbocycles. The Kier molecular flexibility index (Phi) is 7.83. The van der Waals surface area contributed by atoms with E-state index in [0.29, 0.717) is 30.5 Å². The maximum atomic E-state index is 13.9. The Morgan fingerprint density at radius 3 is 2.50 bits per heavy atom. The molecule has 0 radical (unpaired) electrons. The molecule has 0 aliphatic rings. The Balaban J connectivity index is 1.44. The second-order valence-electron chi connectivity index (χ2n) is 12.3. The van der Waals surface area contributed by atoms with Gasteiger partial charge in [-0.05, 0) is 61.4 Å². The van der Waals surface area contributed by atoms with Gasteiger partial charge in [-0.15, -0.1) is 0 Å². The highest BCUT2D eigenvalue weighted by Gasteiger charge is 2.23. The minimum atomic E-state index is -1.24. The van der Waals surface area contributed by atoms with Crippen LogP contribution in [-0.4, -0.2) is 48.5 Å². The highest BCUT2D eigenvalue weighted by Crippen LogP contribution is 2.36. The van der Waals surface area contributed by atoms with Crippen LogP contribution in [0.25, 0.3) is 33.4 Å². The highest BCUT2D eigenvalue weighted by atomic mass is 28.3. The third kappa shape index (κ3) is 5.75. The fourth-order valence-corrected chi connectivity index (χ4v) is 6.10. The van der Waals surface area contributed by atoms with Crippen molar-refractivity contribution in [2.24, 2.45) is 0 Å². The molecule has 0 bridgehead atoms. The Bertz CT molecular complexity index is 1990. The lowest BCUT2D eigenvalue weighted by Crippen LogP contribution is -2.29. The maximum Gasteiger partial charge on any atom is 0.282 e. The molecule has 1 unspecified atom stereocenters. The van der Waals surface area contributed by atoms with Gasteiger partial charge >= 0.3 is 0 Å². The quantitative estimate of drug-likeness (QED) is 0.137. The Morgan fingerprint density at radius 2 is 1.77 bits per heavy atom. The van der Waals surface area contributed by atoms with Crippen LogP contribution < -0.4 is 10.9 Å². The summed E-state index contributed by atoms with van der Waals surface area (Å²) in [6.45, 7) is 11.9. The number of nitrogens with one attached hydrogen (secondary N) is 1. The van der Waals surface area contributed by atoms with Gasteiger partial charge in [0.25, 0.3) is 5.56 Å². The number of ether oxygens (including phenoxy) is 1. The first-order chi connectivity index (χ1) is 21.1. The van der Waals surface area contributed by atoms with E-state index in [4.69, 9.17) is 9.84 Å². The van der Waals surface area contributed by atoms with Crippen molar-refractivity contribution in [3.8, 4) is 22.6 Å². The lowest BCUT2D eigenvalue weighted by Gasteiger charge is -2.20. The second-order valence-corrected chi connectivity index (χ2v) is 17.9. The summed E-state index contributed by atoms with van der Waals surface area (Å²) < 4.78 is 11.4. The molecule has 1 atom stereocenters. The molecule has 0 saturated heterocycles. The number of aromatic nitrogens is 6. The number of para-hydroxylation sites is 1. The van der Waals surface area contributed by atoms with Crippen LogP contribution in [0, 0.1) is 6.92 Å². The average molecular weight is 608 g/mol. The Morgan fingerprint density at radius 1 is 1.02 bits per heavy atom. The van der Waals surface area contributed by atoms with Crippen LogP contribution in [0.2, 0.25) is 25.7 Å². The molecular weight excluding hydrogens is 570 g/mol. The Labute approximate surface area is 256 Å². The summed E-state index contributed by atoms with van der Waals surface area (Å²) in [5.74, 6) is 1.33. The van der Waals surface area contributed by atoms with Crippen LogP contribution in [0.4, 0.5) is 5.82 Å². The summed E-state index contributed by atoms with van der Waals surface area (Å²) in [7, 11) is -1.24. The molecule has 226 valence electrons. The van der Waals surface area contributed by atoms with Crippen molar-refractivity contribution in [3.05, 3.63) is 101 Å². The number of benzene rings is 2. The molecule has 6 rings (SSSR count). The molecule has 2 aromatic carbocycles. The van der Waals surface area contributed by atoms with Gasteiger partial charge in [0, 0.05) is 32.6 Å². The standard InChI is InChI=1S/C33H37N7O3Si/c1-22-15-16-39-29(22)33(42)40(25-9-7-6-8-10-25)31(37-39)23(2)36-30-28-27(24-11-13-26(41)14-12-24)19-38(32(28)35-20-34-30)21-43-17-18-44(3,4)5/h6-16,19-20,23,41H,17-18,21H2,1-5H3,(H,34,35,36). The summed E-state index contributed by atoms with van der Waals surface area (Å²) in [5.41, 5.74) is 4.51. The van der Waals surface area contributed by atoms with Crippen LogP contribution >= 0.6 is 0 Å². The lowest BCUT2D eigenvalue weighted by molar-refractivity contribution is 0.0899. The van der Waals surface area contributed by atoms with E-state index in [1.54, 1.807) is 21.2 Å². The van der Waals surface area contributed by atoms with Gasteiger partial charge in [0.15, 0.2) is 5.82 Å². The third-order valence-corrected chi connectivity index (χ3v) is 9.43. The second kappa shape index (κ2) is 11.7. The first-order valence-electron chi connectivity index (χ1n) is 14.7. The fourth-order valence-electron chi connectivity index (χ4n) is 5.34. The number of nitrogens with zero attached hydrogens (tertiary/aromatic N) is 6. The zero-order valence-electron chi connectivity index (χ0n) is 25.7. The van der Waals surface area contributed by atoms with E-state index in [2.05, 4.69) is 34.9 Å². The Hall–Kier alpha value is -4.74. The van der Waals surface area contributed by atoms with E-state index in [1.165, 1.54) is 6.33 Å². The number of hydrogen-bond donors (Lipinski definition) is 2. The van der Waals surface area contributed by atoms with Crippen molar-refractivity contribution in [2.75, 3.05) is 11.9 Å². The number of aromatic hydroxyl groups is 1. The van der Waals surface area contributed by atoms with Crippen LogP contribution in [0.15, 0.2) is 84.2 Å². The van der Waals surface area contributed by atoms with Crippen LogP contribution in [0.3, 0.4) is 0 Å². The van der Waals surface area contributed by atoms with Crippen LogP contribution in [0.5, 0.6) is 5.75 Å². The first-order valence-corrected chi connectivity index (χ1v) is 18.5. The molecule has 0 fully saturated rings. The molecule has 2 N–H and O–H groups in total. The molecule has 0 amide bonds. The number of fused-ring (bicyclic) bond motifs is 2. The average Bonchev–Trinajstić information content (AvgIpc) is 3.56. The smallest absolute Gasteiger partial charge is 0.282 e. The zero-order valence-corrected chi connectivity index (χ0v) is 26.7. The van der Waals surface area contributed by atoms with E-state index >= 15 is 0 Å². The van der Waals surface area contributed by atoms with E-state index in [9.17, 15) is 9.90 Å². The van der Waals surface area contributed by atoms with Crippen LogP contribution in [-0.2, 0) is 11.5 Å². The maximum absolute atomic E-state index is 13.9. The van der Waals surface area contributed by atoms with E-state index in [1.807, 2.05) is 79.3 Å². The summed E-state index contributed by atoms with van der Waals surface area (Å²) in [6, 6.07) is 19.2. The minimum absolute atomic E-state index is 0.142. The van der Waals surface area contributed by atoms with E-state index in [-0.39, 0.29) is 11.3 Å². The van der Waals surface area contributed by atoms with Gasteiger partial charge in [0.2, 0.25) is 0 Å². The SMILES string of the molecule is Cc1ccn2nc(C(C)Nc3ncnc4c3c(-c3ccc(O)cc3)cn4COCC[Si](C)(C)C)n(-c3ccccc3)c(=O)c12. The lowest BCUT2D eigenvalue weighted by atomic mass is 10.1. The van der Waals surface area contributed by atoms with Gasteiger partial charge in [0.05, 0.1) is 17.1 Å². The van der Waals surface area contributed by atoms with Crippen LogP contribution in [0.1, 0.15) is 24.4 Å². The molecule has 4 aromatic heterocycles. The fraction of sp³-hybridized carbons (Fsp3) is 0.273. The van der Waals surface area contributed by atoms with Crippen molar-refractivity contribution in [3.63, 3.8) is 0 Å². The number of rotatable bonds is 10. The van der Waals surface area contributed by atoms with Gasteiger partial charge < -0.3 is 19.7 Å². The van der Waals surface area contributed by atoms with Gasteiger partial charge in [-0.1, -0.05) is 50.0 Å². The summed E-state index contributed by atoms with van der Waals surface area (Å²) in [4.78, 5) is 23.2. The molecule has 0 spiro atoms. The predicted molar refractivity (Wildman–Crippen MR) is 176 cm³/mol. The van der Waals surface area contributed by atoms with Crippen molar-refractivity contribution in [1.29, 1.82) is 0 Å². The molecule has 0 aliphatic carbocycles. The van der Waals surface area contributed by atoms with E-state index in [0.717, 1.165) is 39.5 Å². The molecular formula is C33H37N7O3Si. The first kappa shape index (κ1) is 29.3. The molecule has 11 heteroatoms. The number of aryl methyl sites for hydroxylation is 1. The molecule has 44 heavy (non-hydrogen) atoms. The van der Waals surface area contributed by atoms with Gasteiger partial charge in [-0.3, -0.25) is 9.36 Å². The number of phenols is 1. The third-order valence-electron chi connectivity index (χ3n) is 7.73. The molecule has 4 heterocycles. The normalized spacial score (nSPS) is 12.7. The molecule has 0 aliphatic heterocycles. The van der Waals surface area contributed by atoms with Gasteiger partial charge in [-0.25, -0.2) is 14.5 Å². The number of anilines is 1. The molecule has 6 aromatic rings. The van der Waals surface area contributed by atoms with Crippen molar-refractivity contribution in [1.82, 2.24) is 28.7 Å². The summed E-state index contributed by atoms with van der Waals surface area (Å²) in [5, 5.41) is 19.2. The highest BCUT2D eigenvalue weighted by molar-refractivity contribution is 6.76. The van der Waals surface area contributed by atoms with Gasteiger partial charge in [0.1, 0.15) is 35.8 Å². The van der Waals surface area contributed by atoms with E-state index < -0.39 is 14.1 Å². The topological polar surface area (TPSA) is 112 Å². The van der Waals surface area contributed by atoms with Crippen molar-refractivity contribution in [2.45, 2.75) is 52.3 Å². The monoisotopic (exact) mass is 607 g/mol. The summed E-state index contributed by atoms with van der Waals surface area (Å²) in [6.07, 6.45) is 5.36. The van der Waals surface area contributed by atoms with Gasteiger partial charge in [-0.2, -0.15) is 5.10 Å². The summed E-state index contributed by atoms with van der Waals surface area (Å²) >= 11 is 0. The van der Waals surface area contributed by atoms with Crippen molar-refractivity contribution >= 4 is 30.4 Å². The number of hydrogen-bond acceptors (Lipinski definition) is 7. The largest absolute Gasteiger partial charge is 0.508 e. The minimum Gasteiger partial charge on any atom is -0.508 e. The predicted octanol–water partition coefficient (Wildman–Crippen LogP) is 6.40.